The summed E-state index contributed by atoms with van der Waals surface area (Å²) in [5, 5.41) is 3.31. The van der Waals surface area contributed by atoms with Gasteiger partial charge in [-0.1, -0.05) is 11.8 Å². The molecule has 0 spiro atoms. The number of piperazine rings is 1. The van der Waals surface area contributed by atoms with Crippen LogP contribution in [0, 0.1) is 17.3 Å². The monoisotopic (exact) mass is 244 g/mol. The first-order chi connectivity index (χ1) is 8.54. The first-order valence-electron chi connectivity index (χ1n) is 6.35. The molecule has 0 amide bonds. The summed E-state index contributed by atoms with van der Waals surface area (Å²) >= 11 is 0. The van der Waals surface area contributed by atoms with Crippen LogP contribution in [0.1, 0.15) is 26.3 Å². The van der Waals surface area contributed by atoms with Crippen LogP contribution in [0.15, 0.2) is 12.4 Å². The number of rotatable bonds is 1. The average molecular weight is 244 g/mol. The second kappa shape index (κ2) is 5.36. The lowest BCUT2D eigenvalue weighted by Gasteiger charge is -2.27. The molecule has 4 heteroatoms. The lowest BCUT2D eigenvalue weighted by Crippen LogP contribution is -2.44. The third-order valence-corrected chi connectivity index (χ3v) is 2.62. The molecule has 4 nitrogen and oxygen atoms in total. The highest BCUT2D eigenvalue weighted by atomic mass is 15.3. The molecule has 1 aliphatic rings. The molecule has 0 unspecified atom stereocenters. The van der Waals surface area contributed by atoms with Crippen molar-refractivity contribution in [3.05, 3.63) is 18.0 Å². The van der Waals surface area contributed by atoms with Crippen molar-refractivity contribution in [2.45, 2.75) is 20.8 Å². The molecule has 1 aromatic rings. The Morgan fingerprint density at radius 3 is 2.33 bits per heavy atom. The highest BCUT2D eigenvalue weighted by Crippen LogP contribution is 2.11. The van der Waals surface area contributed by atoms with E-state index in [9.17, 15) is 0 Å². The predicted molar refractivity (Wildman–Crippen MR) is 73.4 cm³/mol. The molecule has 0 saturated carbocycles. The largest absolute Gasteiger partial charge is 0.338 e. The van der Waals surface area contributed by atoms with Crippen molar-refractivity contribution in [1.29, 1.82) is 0 Å². The van der Waals surface area contributed by atoms with Crippen molar-refractivity contribution in [2.24, 2.45) is 5.41 Å². The molecule has 1 fully saturated rings. The minimum Gasteiger partial charge on any atom is -0.338 e. The third-order valence-electron chi connectivity index (χ3n) is 2.62. The maximum Gasteiger partial charge on any atom is 0.225 e. The molecular formula is C14H20N4. The maximum atomic E-state index is 4.39. The predicted octanol–water partition coefficient (Wildman–Crippen LogP) is 1.28. The Morgan fingerprint density at radius 2 is 1.78 bits per heavy atom. The van der Waals surface area contributed by atoms with Gasteiger partial charge < -0.3 is 10.2 Å². The van der Waals surface area contributed by atoms with E-state index in [0.717, 1.165) is 37.7 Å². The van der Waals surface area contributed by atoms with E-state index in [1.54, 1.807) is 0 Å². The summed E-state index contributed by atoms with van der Waals surface area (Å²) in [6.07, 6.45) is 3.62. The smallest absolute Gasteiger partial charge is 0.225 e. The number of anilines is 1. The molecule has 2 rings (SSSR count). The average Bonchev–Trinajstić information content (AvgIpc) is 2.37. The summed E-state index contributed by atoms with van der Waals surface area (Å²) in [6, 6.07) is 0. The Morgan fingerprint density at radius 1 is 1.17 bits per heavy atom. The SMILES string of the molecule is CC(C)(C)C#Cc1cnc(N2CCNCC2)nc1. The zero-order valence-electron chi connectivity index (χ0n) is 11.3. The highest BCUT2D eigenvalue weighted by molar-refractivity contribution is 5.36. The molecule has 2 heterocycles. The molecule has 0 bridgehead atoms. The summed E-state index contributed by atoms with van der Waals surface area (Å²) in [5.41, 5.74) is 0.890. The summed E-state index contributed by atoms with van der Waals surface area (Å²) in [5.74, 6) is 7.10. The Balaban J connectivity index is 2.07. The van der Waals surface area contributed by atoms with Gasteiger partial charge in [0.15, 0.2) is 0 Å². The first-order valence-corrected chi connectivity index (χ1v) is 6.35. The van der Waals surface area contributed by atoms with Crippen molar-refractivity contribution >= 4 is 5.95 Å². The number of nitrogens with zero attached hydrogens (tertiary/aromatic N) is 3. The minimum atomic E-state index is 0.0111. The van der Waals surface area contributed by atoms with E-state index in [2.05, 4.69) is 52.8 Å². The Hall–Kier alpha value is -1.60. The lowest BCUT2D eigenvalue weighted by atomic mass is 9.98. The molecule has 0 aliphatic carbocycles. The summed E-state index contributed by atoms with van der Waals surface area (Å²) in [7, 11) is 0. The summed E-state index contributed by atoms with van der Waals surface area (Å²) in [4.78, 5) is 11.0. The van der Waals surface area contributed by atoms with E-state index < -0.39 is 0 Å². The molecule has 1 aromatic heterocycles. The van der Waals surface area contributed by atoms with Crippen LogP contribution in [0.2, 0.25) is 0 Å². The summed E-state index contributed by atoms with van der Waals surface area (Å²) in [6.45, 7) is 10.2. The minimum absolute atomic E-state index is 0.0111. The molecule has 0 radical (unpaired) electrons. The van der Waals surface area contributed by atoms with Crippen LogP contribution in [0.5, 0.6) is 0 Å². The molecular weight excluding hydrogens is 224 g/mol. The van der Waals surface area contributed by atoms with Gasteiger partial charge in [-0.3, -0.25) is 0 Å². The van der Waals surface area contributed by atoms with Crippen LogP contribution >= 0.6 is 0 Å². The normalized spacial score (nSPS) is 16.1. The quantitative estimate of drug-likeness (QED) is 0.756. The fourth-order valence-electron chi connectivity index (χ4n) is 1.67. The third kappa shape index (κ3) is 3.71. The van der Waals surface area contributed by atoms with Crippen molar-refractivity contribution in [3.63, 3.8) is 0 Å². The van der Waals surface area contributed by atoms with Gasteiger partial charge in [-0.2, -0.15) is 0 Å². The number of hydrogen-bond acceptors (Lipinski definition) is 4. The van der Waals surface area contributed by atoms with E-state index in [1.165, 1.54) is 0 Å². The van der Waals surface area contributed by atoms with Crippen LogP contribution in [0.4, 0.5) is 5.95 Å². The zero-order valence-corrected chi connectivity index (χ0v) is 11.3. The molecule has 1 saturated heterocycles. The number of aromatic nitrogens is 2. The second-order valence-corrected chi connectivity index (χ2v) is 5.51. The lowest BCUT2D eigenvalue weighted by molar-refractivity contribution is 0.571. The van der Waals surface area contributed by atoms with E-state index in [4.69, 9.17) is 0 Å². The maximum absolute atomic E-state index is 4.39. The number of nitrogens with one attached hydrogen (secondary N) is 1. The van der Waals surface area contributed by atoms with E-state index in [1.807, 2.05) is 12.4 Å². The topological polar surface area (TPSA) is 41.1 Å². The molecule has 0 atom stereocenters. The van der Waals surface area contributed by atoms with Crippen molar-refractivity contribution < 1.29 is 0 Å². The van der Waals surface area contributed by atoms with E-state index in [0.29, 0.717) is 0 Å². The van der Waals surface area contributed by atoms with Gasteiger partial charge >= 0.3 is 0 Å². The standard InChI is InChI=1S/C14H20N4/c1-14(2,3)5-4-12-10-16-13(17-11-12)18-8-6-15-7-9-18/h10-11,15H,6-9H2,1-3H3. The van der Waals surface area contributed by atoms with Gasteiger partial charge in [0.1, 0.15) is 0 Å². The van der Waals surface area contributed by atoms with Crippen LogP contribution < -0.4 is 10.2 Å². The summed E-state index contributed by atoms with van der Waals surface area (Å²) < 4.78 is 0. The zero-order chi connectivity index (χ0) is 13.0. The highest BCUT2D eigenvalue weighted by Gasteiger charge is 2.12. The van der Waals surface area contributed by atoms with Crippen molar-refractivity contribution in [1.82, 2.24) is 15.3 Å². The van der Waals surface area contributed by atoms with Gasteiger partial charge in [0.25, 0.3) is 0 Å². The van der Waals surface area contributed by atoms with Crippen molar-refractivity contribution in [2.75, 3.05) is 31.1 Å². The van der Waals surface area contributed by atoms with Gasteiger partial charge in [-0.25, -0.2) is 9.97 Å². The van der Waals surface area contributed by atoms with Gasteiger partial charge in [-0.05, 0) is 20.8 Å². The van der Waals surface area contributed by atoms with Crippen LogP contribution in [0.3, 0.4) is 0 Å². The second-order valence-electron chi connectivity index (χ2n) is 5.51. The molecule has 1 N–H and O–H groups in total. The van der Waals surface area contributed by atoms with Gasteiger partial charge in [0, 0.05) is 44.0 Å². The molecule has 1 aliphatic heterocycles. The fourth-order valence-corrected chi connectivity index (χ4v) is 1.67. The fraction of sp³-hybridized carbons (Fsp3) is 0.571. The van der Waals surface area contributed by atoms with Crippen LogP contribution in [0.25, 0.3) is 0 Å². The van der Waals surface area contributed by atoms with Crippen molar-refractivity contribution in [3.8, 4) is 11.8 Å². The van der Waals surface area contributed by atoms with Gasteiger partial charge in [0.2, 0.25) is 5.95 Å². The van der Waals surface area contributed by atoms with Gasteiger partial charge in [0.05, 0.1) is 5.56 Å². The Kier molecular flexibility index (Phi) is 3.83. The van der Waals surface area contributed by atoms with Crippen LogP contribution in [-0.2, 0) is 0 Å². The molecule has 0 aromatic carbocycles. The van der Waals surface area contributed by atoms with Gasteiger partial charge in [-0.15, -0.1) is 0 Å². The Bertz CT molecular complexity index is 441. The first kappa shape index (κ1) is 12.8. The van der Waals surface area contributed by atoms with Crippen LogP contribution in [-0.4, -0.2) is 36.1 Å². The Labute approximate surface area is 109 Å². The van der Waals surface area contributed by atoms with E-state index >= 15 is 0 Å². The molecule has 96 valence electrons. The van der Waals surface area contributed by atoms with E-state index in [-0.39, 0.29) is 5.41 Å². The number of hydrogen-bond donors (Lipinski definition) is 1. The molecule has 18 heavy (non-hydrogen) atoms.